The molecule has 0 aliphatic rings. The number of halogens is 1. The summed E-state index contributed by atoms with van der Waals surface area (Å²) in [6.45, 7) is 3.85. The molecule has 1 aromatic heterocycles. The summed E-state index contributed by atoms with van der Waals surface area (Å²) >= 11 is 0. The number of H-pyrrole nitrogens is 1. The van der Waals surface area contributed by atoms with Gasteiger partial charge in [0, 0.05) is 23.1 Å². The molecule has 5 nitrogen and oxygen atoms in total. The van der Waals surface area contributed by atoms with Gasteiger partial charge < -0.3 is 10.3 Å². The number of anilines is 1. The average molecular weight is 363 g/mol. The molecule has 0 aliphatic heterocycles. The number of hydrogen-bond donors (Lipinski definition) is 2. The van der Waals surface area contributed by atoms with Crippen molar-refractivity contribution in [3.8, 4) is 6.07 Å². The van der Waals surface area contributed by atoms with Crippen LogP contribution in [-0.4, -0.2) is 10.9 Å². The van der Waals surface area contributed by atoms with E-state index in [2.05, 4.69) is 10.3 Å². The lowest BCUT2D eigenvalue weighted by molar-refractivity contribution is -0.118. The van der Waals surface area contributed by atoms with E-state index in [1.165, 1.54) is 24.3 Å². The van der Waals surface area contributed by atoms with Crippen LogP contribution < -0.4 is 10.9 Å². The number of nitrogens with one attached hydrogen (secondary N) is 2. The molecule has 0 bridgehead atoms. The minimum absolute atomic E-state index is 0.0117. The summed E-state index contributed by atoms with van der Waals surface area (Å²) in [6, 6.07) is 12.8. The number of nitriles is 1. The standard InChI is InChI=1S/C21H18FN3O2/c1-12-3-4-13(2)19-18(12)10-14(20(26)25-19)9-15(11-23)21(27)24-17-7-5-16(22)6-8-17/h3-8,10,15H,9H2,1-2H3,(H,24,27)(H,25,26)/t15-/m1/s1. The zero-order chi connectivity index (χ0) is 19.6. The van der Waals surface area contributed by atoms with Gasteiger partial charge in [0.05, 0.1) is 11.6 Å². The van der Waals surface area contributed by atoms with Crippen LogP contribution in [0.1, 0.15) is 16.7 Å². The van der Waals surface area contributed by atoms with E-state index in [9.17, 15) is 19.2 Å². The number of aromatic nitrogens is 1. The van der Waals surface area contributed by atoms with Gasteiger partial charge in [-0.25, -0.2) is 4.39 Å². The Morgan fingerprint density at radius 1 is 1.19 bits per heavy atom. The van der Waals surface area contributed by atoms with E-state index in [0.717, 1.165) is 22.0 Å². The maximum atomic E-state index is 13.0. The third kappa shape index (κ3) is 3.87. The number of benzene rings is 2. The Hall–Kier alpha value is -3.46. The van der Waals surface area contributed by atoms with Gasteiger partial charge in [0.25, 0.3) is 5.56 Å². The molecular formula is C21H18FN3O2. The van der Waals surface area contributed by atoms with Crippen molar-refractivity contribution < 1.29 is 9.18 Å². The molecular weight excluding hydrogens is 345 g/mol. The predicted molar refractivity (Wildman–Crippen MR) is 102 cm³/mol. The highest BCUT2D eigenvalue weighted by Crippen LogP contribution is 2.21. The molecule has 0 aliphatic carbocycles. The summed E-state index contributed by atoms with van der Waals surface area (Å²) in [5, 5.41) is 12.9. The van der Waals surface area contributed by atoms with E-state index in [1.54, 1.807) is 6.07 Å². The minimum Gasteiger partial charge on any atom is -0.325 e. The van der Waals surface area contributed by atoms with Gasteiger partial charge in [-0.15, -0.1) is 0 Å². The number of aryl methyl sites for hydroxylation is 2. The average Bonchev–Trinajstić information content (AvgIpc) is 2.65. The van der Waals surface area contributed by atoms with Crippen LogP contribution in [0.4, 0.5) is 10.1 Å². The van der Waals surface area contributed by atoms with Crippen LogP contribution in [0.3, 0.4) is 0 Å². The molecule has 1 amide bonds. The van der Waals surface area contributed by atoms with E-state index < -0.39 is 17.6 Å². The van der Waals surface area contributed by atoms with Gasteiger partial charge in [-0.3, -0.25) is 9.59 Å². The van der Waals surface area contributed by atoms with Crippen molar-refractivity contribution in [2.24, 2.45) is 5.92 Å². The first kappa shape index (κ1) is 18.3. The Kier molecular flexibility index (Phi) is 5.04. The molecule has 0 radical (unpaired) electrons. The lowest BCUT2D eigenvalue weighted by Gasteiger charge is -2.12. The molecule has 3 aromatic rings. The number of pyridine rings is 1. The van der Waals surface area contributed by atoms with Crippen molar-refractivity contribution >= 4 is 22.5 Å². The molecule has 27 heavy (non-hydrogen) atoms. The third-order valence-corrected chi connectivity index (χ3v) is 4.53. The Bertz CT molecular complexity index is 1110. The number of nitrogens with zero attached hydrogens (tertiary/aromatic N) is 1. The molecule has 1 atom stereocenters. The Balaban J connectivity index is 1.88. The number of rotatable bonds is 4. The predicted octanol–water partition coefficient (Wildman–Crippen LogP) is 3.61. The highest BCUT2D eigenvalue weighted by Gasteiger charge is 2.21. The highest BCUT2D eigenvalue weighted by molar-refractivity contribution is 5.94. The van der Waals surface area contributed by atoms with Crippen LogP contribution in [0.2, 0.25) is 0 Å². The summed E-state index contributed by atoms with van der Waals surface area (Å²) in [4.78, 5) is 27.7. The van der Waals surface area contributed by atoms with Crippen LogP contribution in [0, 0.1) is 36.9 Å². The molecule has 0 unspecified atom stereocenters. The zero-order valence-electron chi connectivity index (χ0n) is 15.0. The second-order valence-electron chi connectivity index (χ2n) is 6.49. The van der Waals surface area contributed by atoms with Crippen LogP contribution in [0.15, 0.2) is 47.3 Å². The fraction of sp³-hybridized carbons (Fsp3) is 0.190. The van der Waals surface area contributed by atoms with Gasteiger partial charge in [0.2, 0.25) is 5.91 Å². The summed E-state index contributed by atoms with van der Waals surface area (Å²) in [5.41, 5.74) is 3.15. The summed E-state index contributed by atoms with van der Waals surface area (Å²) in [6.07, 6.45) is -0.0117. The van der Waals surface area contributed by atoms with Gasteiger partial charge in [0.15, 0.2) is 0 Å². The quantitative estimate of drug-likeness (QED) is 0.742. The fourth-order valence-electron chi connectivity index (χ4n) is 2.95. The van der Waals surface area contributed by atoms with E-state index in [0.29, 0.717) is 11.3 Å². The van der Waals surface area contributed by atoms with Crippen LogP contribution in [0.5, 0.6) is 0 Å². The number of aromatic amines is 1. The molecule has 0 saturated carbocycles. The van der Waals surface area contributed by atoms with Gasteiger partial charge >= 0.3 is 0 Å². The second-order valence-corrected chi connectivity index (χ2v) is 6.49. The van der Waals surface area contributed by atoms with Gasteiger partial charge in [-0.2, -0.15) is 5.26 Å². The van der Waals surface area contributed by atoms with Crippen molar-refractivity contribution in [1.29, 1.82) is 5.26 Å². The van der Waals surface area contributed by atoms with Crippen molar-refractivity contribution in [1.82, 2.24) is 4.98 Å². The molecule has 6 heteroatoms. The lowest BCUT2D eigenvalue weighted by Crippen LogP contribution is -2.26. The first-order valence-electron chi connectivity index (χ1n) is 8.47. The van der Waals surface area contributed by atoms with Crippen LogP contribution >= 0.6 is 0 Å². The summed E-state index contributed by atoms with van der Waals surface area (Å²) in [7, 11) is 0. The van der Waals surface area contributed by atoms with Crippen LogP contribution in [-0.2, 0) is 11.2 Å². The molecule has 0 fully saturated rings. The van der Waals surface area contributed by atoms with Crippen molar-refractivity contribution in [2.75, 3.05) is 5.32 Å². The summed E-state index contributed by atoms with van der Waals surface area (Å²) in [5.74, 6) is -2.00. The maximum absolute atomic E-state index is 13.0. The monoisotopic (exact) mass is 363 g/mol. The Morgan fingerprint density at radius 3 is 2.52 bits per heavy atom. The second kappa shape index (κ2) is 7.42. The maximum Gasteiger partial charge on any atom is 0.251 e. The van der Waals surface area contributed by atoms with E-state index >= 15 is 0 Å². The lowest BCUT2D eigenvalue weighted by atomic mass is 9.97. The summed E-state index contributed by atoms with van der Waals surface area (Å²) < 4.78 is 13.0. The molecule has 0 saturated heterocycles. The SMILES string of the molecule is Cc1ccc(C)c2[nH]c(=O)c(C[C@H](C#N)C(=O)Nc3ccc(F)cc3)cc12. The number of amides is 1. The van der Waals surface area contributed by atoms with Gasteiger partial charge in [-0.1, -0.05) is 12.1 Å². The van der Waals surface area contributed by atoms with E-state index in [1.807, 2.05) is 32.0 Å². The fourth-order valence-corrected chi connectivity index (χ4v) is 2.95. The topological polar surface area (TPSA) is 85.8 Å². The molecule has 3 rings (SSSR count). The normalized spacial score (nSPS) is 11.8. The van der Waals surface area contributed by atoms with Gasteiger partial charge in [-0.05, 0) is 55.3 Å². The number of hydrogen-bond acceptors (Lipinski definition) is 3. The minimum atomic E-state index is -1.04. The third-order valence-electron chi connectivity index (χ3n) is 4.53. The van der Waals surface area contributed by atoms with Crippen molar-refractivity contribution in [2.45, 2.75) is 20.3 Å². The highest BCUT2D eigenvalue weighted by atomic mass is 19.1. The Labute approximate surface area is 155 Å². The number of carbonyl (C=O) groups excluding carboxylic acids is 1. The smallest absolute Gasteiger partial charge is 0.251 e. The molecule has 2 N–H and O–H groups in total. The first-order chi connectivity index (χ1) is 12.9. The first-order valence-corrected chi connectivity index (χ1v) is 8.47. The Morgan fingerprint density at radius 2 is 1.85 bits per heavy atom. The zero-order valence-corrected chi connectivity index (χ0v) is 15.0. The van der Waals surface area contributed by atoms with E-state index in [4.69, 9.17) is 0 Å². The van der Waals surface area contributed by atoms with Gasteiger partial charge in [0.1, 0.15) is 11.7 Å². The molecule has 0 spiro atoms. The largest absolute Gasteiger partial charge is 0.325 e. The molecule has 136 valence electrons. The number of carbonyl (C=O) groups is 1. The van der Waals surface area contributed by atoms with Crippen LogP contribution in [0.25, 0.3) is 10.9 Å². The molecule has 2 aromatic carbocycles. The van der Waals surface area contributed by atoms with Crippen molar-refractivity contribution in [3.63, 3.8) is 0 Å². The van der Waals surface area contributed by atoms with Crippen molar-refractivity contribution in [3.05, 3.63) is 75.3 Å². The van der Waals surface area contributed by atoms with E-state index in [-0.39, 0.29) is 12.0 Å². The molecule has 1 heterocycles. The number of fused-ring (bicyclic) bond motifs is 1.